The van der Waals surface area contributed by atoms with Crippen LogP contribution in [0.15, 0.2) is 72.9 Å². The second-order valence-corrected chi connectivity index (χ2v) is 23.4. The summed E-state index contributed by atoms with van der Waals surface area (Å²) in [5, 5.41) is 9.86. The summed E-state index contributed by atoms with van der Waals surface area (Å²) in [6.45, 7) is 4.54. The van der Waals surface area contributed by atoms with Gasteiger partial charge in [0.05, 0.1) is 19.8 Å². The third kappa shape index (κ3) is 59.5. The quantitative estimate of drug-likeness (QED) is 0.0197. The van der Waals surface area contributed by atoms with E-state index >= 15 is 0 Å². The van der Waals surface area contributed by atoms with E-state index in [1.54, 1.807) is 0 Å². The number of ether oxygens (including phenoxy) is 3. The van der Waals surface area contributed by atoms with Crippen molar-refractivity contribution in [3.63, 3.8) is 0 Å². The summed E-state index contributed by atoms with van der Waals surface area (Å²) < 4.78 is 39.7. The molecule has 0 heterocycles. The number of carbonyl (C=O) groups excluding carboxylic acids is 3. The Bertz CT molecular complexity index is 1620. The summed E-state index contributed by atoms with van der Waals surface area (Å²) in [4.78, 5) is 48.8. The maximum Gasteiger partial charge on any atom is 0.472 e. The Kier molecular flexibility index (Phi) is 59.6. The summed E-state index contributed by atoms with van der Waals surface area (Å²) in [6.07, 6.45) is 71.3. The van der Waals surface area contributed by atoms with Crippen LogP contribution in [0.1, 0.15) is 303 Å². The van der Waals surface area contributed by atoms with Crippen LogP contribution in [0.4, 0.5) is 0 Å². The van der Waals surface area contributed by atoms with Crippen molar-refractivity contribution in [3.8, 4) is 0 Å². The van der Waals surface area contributed by atoms with Crippen LogP contribution in [0.25, 0.3) is 0 Å². The molecule has 2 N–H and O–H groups in total. The van der Waals surface area contributed by atoms with E-state index < -0.39 is 57.8 Å². The van der Waals surface area contributed by atoms with Crippen LogP contribution < -0.4 is 0 Å². The molecule has 3 atom stereocenters. The van der Waals surface area contributed by atoms with Crippen molar-refractivity contribution < 1.29 is 52.2 Å². The zero-order chi connectivity index (χ0) is 58.3. The molecule has 0 aliphatic heterocycles. The molecule has 3 unspecified atom stereocenters. The number of phosphoric acid groups is 1. The van der Waals surface area contributed by atoms with Gasteiger partial charge in [-0.1, -0.05) is 267 Å². The molecule has 0 spiro atoms. The number of unbranched alkanes of at least 4 members (excludes halogenated alkanes) is 32. The predicted octanol–water partition coefficient (Wildman–Crippen LogP) is 20.0. The fraction of sp³-hybridized carbons (Fsp3) is 0.779. The van der Waals surface area contributed by atoms with E-state index in [0.29, 0.717) is 19.3 Å². The molecule has 0 saturated carbocycles. The average molecular weight is 1150 g/mol. The van der Waals surface area contributed by atoms with Gasteiger partial charge in [0.1, 0.15) is 12.7 Å². The van der Waals surface area contributed by atoms with Crippen molar-refractivity contribution in [2.45, 2.75) is 315 Å². The number of carbonyl (C=O) groups is 3. The molecule has 12 heteroatoms. The zero-order valence-electron chi connectivity index (χ0n) is 51.5. The highest BCUT2D eigenvalue weighted by Crippen LogP contribution is 2.43. The molecule has 80 heavy (non-hydrogen) atoms. The van der Waals surface area contributed by atoms with E-state index in [4.69, 9.17) is 23.3 Å². The Morgan fingerprint density at radius 2 is 0.650 bits per heavy atom. The van der Waals surface area contributed by atoms with E-state index in [2.05, 4.69) is 93.7 Å². The molecule has 0 amide bonds. The molecular formula is C68H121O11P. The van der Waals surface area contributed by atoms with Crippen LogP contribution in [0.3, 0.4) is 0 Å². The highest BCUT2D eigenvalue weighted by atomic mass is 31.2. The Labute approximate surface area is 490 Å². The van der Waals surface area contributed by atoms with Crippen LogP contribution in [-0.2, 0) is 42.2 Å². The summed E-state index contributed by atoms with van der Waals surface area (Å²) in [6, 6.07) is 0. The number of esters is 3. The van der Waals surface area contributed by atoms with Crippen molar-refractivity contribution in [1.29, 1.82) is 0 Å². The Morgan fingerprint density at radius 3 is 1.02 bits per heavy atom. The standard InChI is InChI=1S/C68H121O11P/c1-4-7-10-13-16-19-22-25-28-31-32-35-38-41-44-47-50-53-56-59-68(72)79-65(61-75-66(70)57-54-51-48-45-42-39-36-33-29-26-23-20-17-14-11-8-5-2)63-77-80(73,74)76-62-64(60-69)78-67(71)58-55-52-49-46-43-40-37-34-30-27-24-21-18-15-12-9-6-3/h7,10,16,18-19,21,25,27-28,30,32,35,64-65,69H,4-6,8-9,11-15,17,20,22-24,26,29,31,33-34,36-63H2,1-3H3,(H,73,74)/b10-7-,19-16-,21-18-,28-25-,30-27-,35-32-. The van der Waals surface area contributed by atoms with Gasteiger partial charge in [0.2, 0.25) is 0 Å². The molecule has 0 saturated heterocycles. The van der Waals surface area contributed by atoms with Crippen molar-refractivity contribution in [2.24, 2.45) is 0 Å². The molecule has 0 aromatic carbocycles. The number of rotatable bonds is 61. The molecule has 0 rings (SSSR count). The third-order valence-electron chi connectivity index (χ3n) is 14.1. The number of phosphoric ester groups is 1. The summed E-state index contributed by atoms with van der Waals surface area (Å²) in [5.74, 6) is -1.47. The lowest BCUT2D eigenvalue weighted by atomic mass is 10.0. The lowest BCUT2D eigenvalue weighted by Crippen LogP contribution is -2.30. The normalized spacial score (nSPS) is 13.7. The number of allylic oxidation sites excluding steroid dienone is 12. The van der Waals surface area contributed by atoms with E-state index in [0.717, 1.165) is 122 Å². The predicted molar refractivity (Wildman–Crippen MR) is 335 cm³/mol. The lowest BCUT2D eigenvalue weighted by Gasteiger charge is -2.21. The van der Waals surface area contributed by atoms with E-state index in [9.17, 15) is 28.9 Å². The van der Waals surface area contributed by atoms with Gasteiger partial charge in [-0.25, -0.2) is 4.57 Å². The van der Waals surface area contributed by atoms with Gasteiger partial charge in [-0.15, -0.1) is 0 Å². The molecule has 0 aromatic heterocycles. The first-order valence-corrected chi connectivity index (χ1v) is 34.3. The minimum atomic E-state index is -4.76. The summed E-state index contributed by atoms with van der Waals surface area (Å²) in [5.41, 5.74) is 0. The van der Waals surface area contributed by atoms with Gasteiger partial charge in [-0.3, -0.25) is 23.4 Å². The maximum atomic E-state index is 13.0. The number of hydrogen-bond acceptors (Lipinski definition) is 10. The van der Waals surface area contributed by atoms with Crippen LogP contribution >= 0.6 is 7.82 Å². The average Bonchev–Trinajstić information content (AvgIpc) is 3.45. The smallest absolute Gasteiger partial charge is 0.462 e. The third-order valence-corrected chi connectivity index (χ3v) is 15.1. The largest absolute Gasteiger partial charge is 0.472 e. The molecule has 0 fully saturated rings. The lowest BCUT2D eigenvalue weighted by molar-refractivity contribution is -0.161. The SMILES string of the molecule is CC/C=C\C/C=C\C/C=C\C/C=C\CCCCCCCCC(=O)OC(COC(=O)CCCCCCCCCCCCCCCCCCC)COP(=O)(O)OCC(CO)OC(=O)CCCCCCCCC/C=C\C/C=C\CCCCC. The Morgan fingerprint density at radius 1 is 0.362 bits per heavy atom. The topological polar surface area (TPSA) is 155 Å². The highest BCUT2D eigenvalue weighted by Gasteiger charge is 2.28. The second-order valence-electron chi connectivity index (χ2n) is 21.9. The van der Waals surface area contributed by atoms with Crippen molar-refractivity contribution in [1.82, 2.24) is 0 Å². The molecule has 0 aromatic rings. The van der Waals surface area contributed by atoms with Gasteiger partial charge in [-0.05, 0) is 89.9 Å². The van der Waals surface area contributed by atoms with Crippen molar-refractivity contribution >= 4 is 25.7 Å². The fourth-order valence-corrected chi connectivity index (χ4v) is 9.93. The van der Waals surface area contributed by atoms with Crippen LogP contribution in [0, 0.1) is 0 Å². The van der Waals surface area contributed by atoms with Crippen LogP contribution in [-0.4, -0.2) is 66.5 Å². The fourth-order valence-electron chi connectivity index (χ4n) is 9.14. The monoisotopic (exact) mass is 1140 g/mol. The zero-order valence-corrected chi connectivity index (χ0v) is 52.4. The van der Waals surface area contributed by atoms with Gasteiger partial charge >= 0.3 is 25.7 Å². The molecular weight excluding hydrogens is 1020 g/mol. The number of hydrogen-bond donors (Lipinski definition) is 2. The summed E-state index contributed by atoms with van der Waals surface area (Å²) >= 11 is 0. The van der Waals surface area contributed by atoms with E-state index in [1.807, 2.05) is 0 Å². The molecule has 0 aliphatic rings. The van der Waals surface area contributed by atoms with Gasteiger partial charge in [0.25, 0.3) is 0 Å². The molecule has 11 nitrogen and oxygen atoms in total. The molecule has 464 valence electrons. The van der Waals surface area contributed by atoms with Gasteiger partial charge in [-0.2, -0.15) is 0 Å². The molecule has 0 bridgehead atoms. The van der Waals surface area contributed by atoms with Crippen LogP contribution in [0.5, 0.6) is 0 Å². The second kappa shape index (κ2) is 62.0. The van der Waals surface area contributed by atoms with E-state index in [-0.39, 0.29) is 25.9 Å². The maximum absolute atomic E-state index is 13.0. The number of aliphatic hydroxyl groups excluding tert-OH is 1. The van der Waals surface area contributed by atoms with E-state index in [1.165, 1.54) is 122 Å². The minimum Gasteiger partial charge on any atom is -0.462 e. The van der Waals surface area contributed by atoms with Crippen LogP contribution in [0.2, 0.25) is 0 Å². The highest BCUT2D eigenvalue weighted by molar-refractivity contribution is 7.47. The van der Waals surface area contributed by atoms with Gasteiger partial charge in [0.15, 0.2) is 6.10 Å². The first-order valence-electron chi connectivity index (χ1n) is 32.8. The molecule has 0 aliphatic carbocycles. The van der Waals surface area contributed by atoms with Gasteiger partial charge in [0, 0.05) is 19.3 Å². The molecule has 0 radical (unpaired) electrons. The first-order chi connectivity index (χ1) is 39.2. The Balaban J connectivity index is 4.71. The summed E-state index contributed by atoms with van der Waals surface area (Å²) in [7, 11) is -4.76. The minimum absolute atomic E-state index is 0.151. The van der Waals surface area contributed by atoms with Crippen molar-refractivity contribution in [2.75, 3.05) is 26.4 Å². The van der Waals surface area contributed by atoms with Crippen molar-refractivity contribution in [3.05, 3.63) is 72.9 Å². The Hall–Kier alpha value is -3.08. The number of aliphatic hydroxyl groups is 1. The van der Waals surface area contributed by atoms with Gasteiger partial charge < -0.3 is 24.2 Å². The first kappa shape index (κ1) is 76.9.